The quantitative estimate of drug-likeness (QED) is 0.0686. The third-order valence-corrected chi connectivity index (χ3v) is 9.24. The number of fused-ring (bicyclic) bond motifs is 1. The molecule has 0 aromatic rings. The molecule has 0 saturated carbocycles. The first-order chi connectivity index (χ1) is 18.6. The molecule has 4 nitrogen and oxygen atoms in total. The Hall–Kier alpha value is -1.32. The maximum absolute atomic E-state index is 12.6. The van der Waals surface area contributed by atoms with Gasteiger partial charge in [-0.3, -0.25) is 9.59 Å². The average Bonchev–Trinajstić information content (AvgIpc) is 3.44. The van der Waals surface area contributed by atoms with Crippen LogP contribution in [0.1, 0.15) is 174 Å². The number of hydrogen-bond acceptors (Lipinski definition) is 2. The molecule has 4 heteroatoms. The fraction of sp³-hybridized carbons (Fsp3) is 0.882. The highest BCUT2D eigenvalue weighted by atomic mass is 16.4. The number of amides is 1. The minimum Gasteiger partial charge on any atom is -0.481 e. The van der Waals surface area contributed by atoms with Crippen LogP contribution >= 0.6 is 0 Å². The number of nitrogens with zero attached hydrogens (tertiary/aromatic N) is 1. The molecule has 1 N–H and O–H groups in total. The van der Waals surface area contributed by atoms with Gasteiger partial charge in [0.1, 0.15) is 0 Å². The van der Waals surface area contributed by atoms with E-state index in [0.717, 1.165) is 25.7 Å². The number of allylic oxidation sites excluding steroid dienone is 2. The summed E-state index contributed by atoms with van der Waals surface area (Å²) < 4.78 is 0. The van der Waals surface area contributed by atoms with Crippen molar-refractivity contribution >= 4 is 11.9 Å². The van der Waals surface area contributed by atoms with Crippen molar-refractivity contribution in [3.05, 3.63) is 12.2 Å². The summed E-state index contributed by atoms with van der Waals surface area (Å²) in [5, 5.41) is 9.87. The van der Waals surface area contributed by atoms with Crippen molar-refractivity contribution in [3.8, 4) is 0 Å². The van der Waals surface area contributed by atoms with Crippen LogP contribution in [0.3, 0.4) is 0 Å². The molecule has 2 saturated heterocycles. The summed E-state index contributed by atoms with van der Waals surface area (Å²) >= 11 is 0. The molecule has 2 aliphatic rings. The highest BCUT2D eigenvalue weighted by Gasteiger charge is 2.73. The van der Waals surface area contributed by atoms with Crippen LogP contribution in [0.25, 0.3) is 0 Å². The predicted molar refractivity (Wildman–Crippen MR) is 160 cm³/mol. The Bertz CT molecular complexity index is 675. The van der Waals surface area contributed by atoms with Crippen molar-refractivity contribution in [2.45, 2.75) is 186 Å². The Morgan fingerprint density at radius 1 is 0.737 bits per heavy atom. The fourth-order valence-electron chi connectivity index (χ4n) is 6.93. The average molecular weight is 532 g/mol. The second kappa shape index (κ2) is 19.7. The van der Waals surface area contributed by atoms with Gasteiger partial charge in [0.25, 0.3) is 0 Å². The molecule has 1 amide bonds. The first kappa shape index (κ1) is 32.9. The lowest BCUT2D eigenvalue weighted by atomic mass is 9.82. The zero-order valence-corrected chi connectivity index (χ0v) is 25.2. The molecule has 3 unspecified atom stereocenters. The third kappa shape index (κ3) is 11.0. The van der Waals surface area contributed by atoms with E-state index in [1.165, 1.54) is 128 Å². The molecular weight excluding hydrogens is 470 g/mol. The molecule has 3 atom stereocenters. The van der Waals surface area contributed by atoms with Gasteiger partial charge in [-0.15, -0.1) is 0 Å². The van der Waals surface area contributed by atoms with Crippen LogP contribution in [0.2, 0.25) is 0 Å². The van der Waals surface area contributed by atoms with Crippen molar-refractivity contribution < 1.29 is 14.7 Å². The Morgan fingerprint density at radius 2 is 1.18 bits per heavy atom. The van der Waals surface area contributed by atoms with E-state index in [2.05, 4.69) is 26.0 Å². The summed E-state index contributed by atoms with van der Waals surface area (Å²) in [4.78, 5) is 26.6. The molecule has 2 rings (SSSR count). The summed E-state index contributed by atoms with van der Waals surface area (Å²) in [6.45, 7) is 4.52. The van der Waals surface area contributed by atoms with Crippen molar-refractivity contribution in [2.75, 3.05) is 0 Å². The summed E-state index contributed by atoms with van der Waals surface area (Å²) in [6.07, 6.45) is 35.0. The number of carboxylic acid groups (broad SMARTS) is 1. The normalized spacial score (nSPS) is 22.5. The zero-order chi connectivity index (χ0) is 27.5. The molecule has 2 heterocycles. The topological polar surface area (TPSA) is 57.4 Å². The van der Waals surface area contributed by atoms with Gasteiger partial charge >= 0.3 is 5.97 Å². The van der Waals surface area contributed by atoms with Gasteiger partial charge in [-0.25, -0.2) is 0 Å². The smallest absolute Gasteiger partial charge is 0.309 e. The molecule has 220 valence electrons. The molecule has 38 heavy (non-hydrogen) atoms. The Balaban J connectivity index is 1.56. The second-order valence-corrected chi connectivity index (χ2v) is 12.3. The van der Waals surface area contributed by atoms with Gasteiger partial charge in [0.2, 0.25) is 5.91 Å². The molecule has 0 aromatic carbocycles. The molecule has 0 aliphatic carbocycles. The molecule has 0 bridgehead atoms. The van der Waals surface area contributed by atoms with Gasteiger partial charge in [-0.2, -0.15) is 0 Å². The molecular formula is C34H61NO3. The van der Waals surface area contributed by atoms with E-state index in [0.29, 0.717) is 0 Å². The summed E-state index contributed by atoms with van der Waals surface area (Å²) in [5.74, 6) is -1.16. The number of carboxylic acids is 1. The Labute approximate surface area is 235 Å². The van der Waals surface area contributed by atoms with E-state index in [9.17, 15) is 14.7 Å². The predicted octanol–water partition coefficient (Wildman–Crippen LogP) is 10.00. The molecule has 2 aliphatic heterocycles. The first-order valence-electron chi connectivity index (χ1n) is 16.8. The molecule has 0 spiro atoms. The van der Waals surface area contributed by atoms with Gasteiger partial charge in [0, 0.05) is 6.42 Å². The number of carbonyl (C=O) groups is 2. The maximum atomic E-state index is 12.6. The first-order valence-corrected chi connectivity index (χ1v) is 16.8. The second-order valence-electron chi connectivity index (χ2n) is 12.3. The molecule has 0 radical (unpaired) electrons. The zero-order valence-electron chi connectivity index (χ0n) is 25.2. The van der Waals surface area contributed by atoms with E-state index < -0.39 is 11.9 Å². The Morgan fingerprint density at radius 3 is 1.68 bits per heavy atom. The van der Waals surface area contributed by atoms with Gasteiger partial charge in [0.05, 0.1) is 17.5 Å². The summed E-state index contributed by atoms with van der Waals surface area (Å²) in [7, 11) is 0. The van der Waals surface area contributed by atoms with E-state index >= 15 is 0 Å². The minimum atomic E-state index is -0.760. The monoisotopic (exact) mass is 531 g/mol. The van der Waals surface area contributed by atoms with E-state index in [4.69, 9.17) is 0 Å². The van der Waals surface area contributed by atoms with E-state index in [1.54, 1.807) is 0 Å². The van der Waals surface area contributed by atoms with Crippen LogP contribution in [0.15, 0.2) is 12.2 Å². The number of rotatable bonds is 26. The minimum absolute atomic E-state index is 0.0890. The molecule has 2 fully saturated rings. The van der Waals surface area contributed by atoms with Gasteiger partial charge in [-0.1, -0.05) is 142 Å². The number of hydrogen-bond donors (Lipinski definition) is 1. The lowest BCUT2D eigenvalue weighted by molar-refractivity contribution is -0.143. The van der Waals surface area contributed by atoms with Crippen molar-refractivity contribution in [3.63, 3.8) is 0 Å². The van der Waals surface area contributed by atoms with Crippen LogP contribution in [-0.4, -0.2) is 33.5 Å². The van der Waals surface area contributed by atoms with Crippen molar-refractivity contribution in [1.29, 1.82) is 0 Å². The third-order valence-electron chi connectivity index (χ3n) is 9.24. The number of aliphatic carboxylic acids is 1. The van der Waals surface area contributed by atoms with Gasteiger partial charge < -0.3 is 10.0 Å². The van der Waals surface area contributed by atoms with Crippen LogP contribution in [0.4, 0.5) is 0 Å². The largest absolute Gasteiger partial charge is 0.481 e. The van der Waals surface area contributed by atoms with Crippen LogP contribution < -0.4 is 0 Å². The van der Waals surface area contributed by atoms with E-state index in [1.807, 2.05) is 4.90 Å². The summed E-state index contributed by atoms with van der Waals surface area (Å²) in [5.41, 5.74) is -0.356. The number of unbranched alkanes of at least 4 members (excludes halogenated alkanes) is 19. The summed E-state index contributed by atoms with van der Waals surface area (Å²) in [6, 6.07) is 0.184. The fourth-order valence-corrected chi connectivity index (χ4v) is 6.93. The van der Waals surface area contributed by atoms with Gasteiger partial charge in [-0.05, 0) is 38.5 Å². The van der Waals surface area contributed by atoms with Crippen LogP contribution in [-0.2, 0) is 9.59 Å². The van der Waals surface area contributed by atoms with Gasteiger partial charge in [0.15, 0.2) is 0 Å². The SMILES string of the molecule is CCCCCCCC/C=C\CCCCCCCC1N2C(=O)CC(C(=O)O)C12CCCCCCCCCCC. The highest BCUT2D eigenvalue weighted by Crippen LogP contribution is 2.58. The number of piperidine rings is 1. The van der Waals surface area contributed by atoms with Crippen molar-refractivity contribution in [1.82, 2.24) is 4.90 Å². The van der Waals surface area contributed by atoms with Crippen molar-refractivity contribution in [2.24, 2.45) is 5.92 Å². The van der Waals surface area contributed by atoms with E-state index in [-0.39, 0.29) is 23.9 Å². The number of carbonyl (C=O) groups excluding carboxylic acids is 1. The lowest BCUT2D eigenvalue weighted by Crippen LogP contribution is -2.32. The lowest BCUT2D eigenvalue weighted by Gasteiger charge is -2.18. The standard InChI is InChI=1S/C34H61NO3/c1-3-5-7-9-11-13-14-15-16-17-18-19-21-23-25-27-31-34(30(33(37)38)29-32(36)35(31)34)28-26-24-22-20-12-10-8-6-4-2/h15-16,30-31H,3-14,17-29H2,1-2H3,(H,37,38)/b16-15-. The van der Waals surface area contributed by atoms with Crippen LogP contribution in [0, 0.1) is 5.92 Å². The Kier molecular flexibility index (Phi) is 17.0. The molecule has 0 aromatic heterocycles. The highest BCUT2D eigenvalue weighted by molar-refractivity contribution is 5.92. The maximum Gasteiger partial charge on any atom is 0.309 e. The van der Waals surface area contributed by atoms with Crippen LogP contribution in [0.5, 0.6) is 0 Å².